The normalized spacial score (nSPS) is 8.89. The first-order chi connectivity index (χ1) is 13.5. The summed E-state index contributed by atoms with van der Waals surface area (Å²) < 4.78 is 1.56. The molecule has 0 unspecified atom stereocenters. The van der Waals surface area contributed by atoms with Crippen molar-refractivity contribution in [3.05, 3.63) is 46.8 Å². The molecule has 1 aromatic carbocycles. The van der Waals surface area contributed by atoms with Gasteiger partial charge in [0.25, 0.3) is 0 Å². The fraction of sp³-hybridized carbons (Fsp3) is 0.364. The minimum Gasteiger partial charge on any atom is -0.477 e. The van der Waals surface area contributed by atoms with Gasteiger partial charge in [-0.3, -0.25) is 4.79 Å². The molecule has 28 heavy (non-hydrogen) atoms. The largest absolute Gasteiger partial charge is 0.477 e. The van der Waals surface area contributed by atoms with Gasteiger partial charge in [0.1, 0.15) is 5.69 Å². The van der Waals surface area contributed by atoms with E-state index in [4.69, 9.17) is 0 Å². The zero-order valence-corrected chi connectivity index (χ0v) is 19.4. The van der Waals surface area contributed by atoms with Gasteiger partial charge in [0.05, 0.1) is 5.56 Å². The summed E-state index contributed by atoms with van der Waals surface area (Å²) in [6.45, 7) is 11.9. The first-order valence-electron chi connectivity index (χ1n) is 8.99. The highest BCUT2D eigenvalue weighted by atomic mass is 32.2. The van der Waals surface area contributed by atoms with Crippen molar-refractivity contribution in [2.24, 2.45) is 7.05 Å². The fourth-order valence-electron chi connectivity index (χ4n) is 2.14. The van der Waals surface area contributed by atoms with Crippen LogP contribution in [0.3, 0.4) is 0 Å². The van der Waals surface area contributed by atoms with Crippen molar-refractivity contribution in [1.82, 2.24) is 4.57 Å². The zero-order chi connectivity index (χ0) is 22.3. The van der Waals surface area contributed by atoms with E-state index in [-0.39, 0.29) is 11.3 Å². The lowest BCUT2D eigenvalue weighted by Gasteiger charge is -2.04. The second-order valence-corrected chi connectivity index (χ2v) is 7.28. The molecule has 0 radical (unpaired) electrons. The maximum Gasteiger partial charge on any atom is 0.353 e. The number of aldehydes is 1. The Labute approximate surface area is 178 Å². The van der Waals surface area contributed by atoms with Crippen LogP contribution >= 0.6 is 23.5 Å². The van der Waals surface area contributed by atoms with Crippen molar-refractivity contribution in [2.45, 2.75) is 51.3 Å². The van der Waals surface area contributed by atoms with E-state index in [2.05, 4.69) is 37.1 Å². The smallest absolute Gasteiger partial charge is 0.353 e. The van der Waals surface area contributed by atoms with Crippen LogP contribution in [0, 0.1) is 26.7 Å². The molecule has 0 bridgehead atoms. The molecule has 1 N–H and O–H groups in total. The average Bonchev–Trinajstić information content (AvgIpc) is 2.98. The van der Waals surface area contributed by atoms with E-state index in [1.165, 1.54) is 17.3 Å². The van der Waals surface area contributed by atoms with Gasteiger partial charge in [-0.05, 0) is 26.0 Å². The van der Waals surface area contributed by atoms with Gasteiger partial charge in [0.2, 0.25) is 0 Å². The number of thioether (sulfide) groups is 2. The number of nitrogens with zero attached hydrogens (tertiary/aromatic N) is 1. The monoisotopic (exact) mass is 421 g/mol. The number of benzene rings is 1. The number of carbonyl (C=O) groups excluding carboxylic acids is 1. The van der Waals surface area contributed by atoms with Gasteiger partial charge >= 0.3 is 5.97 Å². The first-order valence-corrected chi connectivity index (χ1v) is 11.0. The number of hydrogen-bond acceptors (Lipinski definition) is 4. The summed E-state index contributed by atoms with van der Waals surface area (Å²) >= 11 is 3.16. The van der Waals surface area contributed by atoms with Crippen molar-refractivity contribution in [1.29, 1.82) is 0 Å². The van der Waals surface area contributed by atoms with Gasteiger partial charge in [-0.2, -0.15) is 0 Å². The lowest BCUT2D eigenvalue weighted by Crippen LogP contribution is -2.07. The predicted octanol–water partition coefficient (Wildman–Crippen LogP) is 6.30. The van der Waals surface area contributed by atoms with E-state index >= 15 is 0 Å². The second kappa shape index (κ2) is 15.9. The van der Waals surface area contributed by atoms with Crippen LogP contribution in [0.15, 0.2) is 34.1 Å². The number of hydrogen-bond donors (Lipinski definition) is 1. The number of aromatic nitrogens is 1. The number of aryl methyl sites for hydroxylation is 1. The molecule has 0 saturated carbocycles. The summed E-state index contributed by atoms with van der Waals surface area (Å²) in [6.07, 6.45) is 8.63. The number of carboxylic acids is 1. The predicted molar refractivity (Wildman–Crippen MR) is 123 cm³/mol. The SMILES string of the molecule is C#C.CC.CC.Cc1ccc(SCSc2c(C=O)c(C(=O)O)n(C)c2C)cc1. The molecule has 6 heteroatoms. The van der Waals surface area contributed by atoms with Crippen LogP contribution < -0.4 is 0 Å². The number of carboxylic acid groups (broad SMARTS) is 1. The first kappa shape index (κ1) is 28.1. The lowest BCUT2D eigenvalue weighted by molar-refractivity contribution is 0.0683. The van der Waals surface area contributed by atoms with Crippen molar-refractivity contribution >= 4 is 35.8 Å². The van der Waals surface area contributed by atoms with E-state index in [0.717, 1.165) is 15.5 Å². The molecule has 0 atom stereocenters. The minimum absolute atomic E-state index is 0.0512. The Hall–Kier alpha value is -2.10. The van der Waals surface area contributed by atoms with Gasteiger partial charge in [0.15, 0.2) is 6.29 Å². The standard InChI is InChI=1S/C16H17NO3S2.2C2H6.C2H2/c1-10-4-6-12(7-5-10)21-9-22-15-11(2)17(3)14(16(19)20)13(15)8-18;3*1-2/h4-8H,9H2,1-3H3,(H,19,20);2*1-2H3;1-2H. The van der Waals surface area contributed by atoms with Crippen LogP contribution in [0.1, 0.15) is 59.8 Å². The summed E-state index contributed by atoms with van der Waals surface area (Å²) in [4.78, 5) is 24.5. The molecule has 0 aliphatic rings. The van der Waals surface area contributed by atoms with Crippen molar-refractivity contribution in [3.63, 3.8) is 0 Å². The Morgan fingerprint density at radius 2 is 1.57 bits per heavy atom. The third-order valence-electron chi connectivity index (χ3n) is 3.44. The van der Waals surface area contributed by atoms with Crippen LogP contribution in [-0.4, -0.2) is 27.0 Å². The molecule has 0 amide bonds. The maximum atomic E-state index is 11.3. The van der Waals surface area contributed by atoms with Crippen molar-refractivity contribution in [3.8, 4) is 12.8 Å². The molecule has 1 heterocycles. The van der Waals surface area contributed by atoms with Crippen LogP contribution in [0.2, 0.25) is 0 Å². The van der Waals surface area contributed by atoms with Gasteiger partial charge in [-0.15, -0.1) is 36.4 Å². The van der Waals surface area contributed by atoms with Crippen LogP contribution in [0.5, 0.6) is 0 Å². The Morgan fingerprint density at radius 1 is 1.07 bits per heavy atom. The lowest BCUT2D eigenvalue weighted by atomic mass is 10.2. The number of carbonyl (C=O) groups is 2. The molecule has 4 nitrogen and oxygen atoms in total. The third kappa shape index (κ3) is 7.87. The topological polar surface area (TPSA) is 59.3 Å². The molecule has 0 aliphatic carbocycles. The summed E-state index contributed by atoms with van der Waals surface area (Å²) in [5, 5.41) is 9.97. The molecule has 1 aromatic heterocycles. The molecule has 0 fully saturated rings. The van der Waals surface area contributed by atoms with Crippen LogP contribution in [-0.2, 0) is 7.05 Å². The molecule has 0 aliphatic heterocycles. The minimum atomic E-state index is -1.08. The third-order valence-corrected chi connectivity index (χ3v) is 5.79. The highest BCUT2D eigenvalue weighted by Gasteiger charge is 2.23. The molecule has 154 valence electrons. The average molecular weight is 422 g/mol. The summed E-state index contributed by atoms with van der Waals surface area (Å²) in [5.41, 5.74) is 2.33. The van der Waals surface area contributed by atoms with Gasteiger partial charge in [-0.1, -0.05) is 45.4 Å². The maximum absolute atomic E-state index is 11.3. The van der Waals surface area contributed by atoms with Gasteiger partial charge in [0, 0.05) is 27.6 Å². The van der Waals surface area contributed by atoms with Gasteiger partial charge < -0.3 is 9.67 Å². The van der Waals surface area contributed by atoms with E-state index in [0.29, 0.717) is 11.4 Å². The van der Waals surface area contributed by atoms with Crippen LogP contribution in [0.25, 0.3) is 0 Å². The molecule has 0 spiro atoms. The number of terminal acetylenes is 1. The molecular weight excluding hydrogens is 390 g/mol. The van der Waals surface area contributed by atoms with Crippen molar-refractivity contribution in [2.75, 3.05) is 5.08 Å². The van der Waals surface area contributed by atoms with Crippen molar-refractivity contribution < 1.29 is 14.7 Å². The molecule has 0 saturated heterocycles. The summed E-state index contributed by atoms with van der Waals surface area (Å²) in [5.74, 6) is -1.08. The summed E-state index contributed by atoms with van der Waals surface area (Å²) in [6, 6.07) is 8.23. The number of rotatable bonds is 6. The Balaban J connectivity index is 0. The molecular formula is C22H31NO3S2. The van der Waals surface area contributed by atoms with E-state index in [1.54, 1.807) is 23.4 Å². The quantitative estimate of drug-likeness (QED) is 0.257. The van der Waals surface area contributed by atoms with E-state index < -0.39 is 5.97 Å². The van der Waals surface area contributed by atoms with Gasteiger partial charge in [-0.25, -0.2) is 4.79 Å². The van der Waals surface area contributed by atoms with Crippen LogP contribution in [0.4, 0.5) is 0 Å². The Kier molecular flexibility index (Phi) is 16.0. The van der Waals surface area contributed by atoms with E-state index in [1.807, 2.05) is 41.5 Å². The fourth-order valence-corrected chi connectivity index (χ4v) is 4.37. The summed E-state index contributed by atoms with van der Waals surface area (Å²) in [7, 11) is 1.67. The van der Waals surface area contributed by atoms with E-state index in [9.17, 15) is 14.7 Å². The Bertz CT molecular complexity index is 747. The Morgan fingerprint density at radius 3 is 2.00 bits per heavy atom. The number of aromatic carboxylic acids is 1. The molecule has 2 aromatic rings. The second-order valence-electron chi connectivity index (χ2n) is 4.88. The molecule has 2 rings (SSSR count). The highest BCUT2D eigenvalue weighted by Crippen LogP contribution is 2.34. The zero-order valence-electron chi connectivity index (χ0n) is 17.8. The highest BCUT2D eigenvalue weighted by molar-refractivity contribution is 8.16.